The maximum Gasteiger partial charge on any atom is 0.191 e. The standard InChI is InChI=1S/C18H28N6S/c1-3-14-9-10-15(25-14)12-20-18(19-4-2)21-13-17-23-22-16-8-6-5-7-11-24(16)17/h9-10H,3-8,11-13H2,1-2H3,(H2,19,20,21). The van der Waals surface area contributed by atoms with Gasteiger partial charge in [0.05, 0.1) is 6.54 Å². The number of guanidine groups is 1. The van der Waals surface area contributed by atoms with Crippen LogP contribution < -0.4 is 10.6 Å². The van der Waals surface area contributed by atoms with Crippen LogP contribution in [0.15, 0.2) is 17.1 Å². The zero-order valence-electron chi connectivity index (χ0n) is 15.2. The van der Waals surface area contributed by atoms with Crippen molar-refractivity contribution in [3.63, 3.8) is 0 Å². The fraction of sp³-hybridized carbons (Fsp3) is 0.611. The van der Waals surface area contributed by atoms with E-state index in [-0.39, 0.29) is 0 Å². The van der Waals surface area contributed by atoms with Gasteiger partial charge in [-0.2, -0.15) is 0 Å². The first-order valence-electron chi connectivity index (χ1n) is 9.30. The molecule has 1 aliphatic heterocycles. The Morgan fingerprint density at radius 2 is 2.04 bits per heavy atom. The quantitative estimate of drug-likeness (QED) is 0.614. The van der Waals surface area contributed by atoms with Gasteiger partial charge in [-0.3, -0.25) is 0 Å². The average Bonchev–Trinajstić information content (AvgIpc) is 3.18. The van der Waals surface area contributed by atoms with Crippen LogP contribution in [0.25, 0.3) is 0 Å². The van der Waals surface area contributed by atoms with Crippen molar-refractivity contribution in [2.24, 2.45) is 4.99 Å². The largest absolute Gasteiger partial charge is 0.357 e. The minimum Gasteiger partial charge on any atom is -0.357 e. The van der Waals surface area contributed by atoms with Crippen LogP contribution in [-0.4, -0.2) is 27.3 Å². The third kappa shape index (κ3) is 4.81. The zero-order valence-corrected chi connectivity index (χ0v) is 16.0. The smallest absolute Gasteiger partial charge is 0.191 e. The molecule has 2 aromatic heterocycles. The number of nitrogens with one attached hydrogen (secondary N) is 2. The lowest BCUT2D eigenvalue weighted by Gasteiger charge is -2.11. The summed E-state index contributed by atoms with van der Waals surface area (Å²) in [7, 11) is 0. The third-order valence-electron chi connectivity index (χ3n) is 4.40. The molecule has 6 nitrogen and oxygen atoms in total. The molecule has 0 bridgehead atoms. The van der Waals surface area contributed by atoms with E-state index in [2.05, 4.69) is 51.4 Å². The van der Waals surface area contributed by atoms with E-state index in [4.69, 9.17) is 4.99 Å². The predicted molar refractivity (Wildman–Crippen MR) is 103 cm³/mol. The Morgan fingerprint density at radius 3 is 2.84 bits per heavy atom. The summed E-state index contributed by atoms with van der Waals surface area (Å²) in [5.74, 6) is 2.92. The number of fused-ring (bicyclic) bond motifs is 1. The first-order valence-corrected chi connectivity index (χ1v) is 10.1. The van der Waals surface area contributed by atoms with Crippen molar-refractivity contribution in [1.29, 1.82) is 0 Å². The SMILES string of the molecule is CCNC(=NCc1nnc2n1CCCCC2)NCc1ccc(CC)s1. The van der Waals surface area contributed by atoms with Crippen LogP contribution in [-0.2, 0) is 32.5 Å². The normalized spacial score (nSPS) is 14.9. The molecule has 2 N–H and O–H groups in total. The lowest BCUT2D eigenvalue weighted by Crippen LogP contribution is -2.36. The molecule has 3 rings (SSSR count). The molecule has 0 spiro atoms. The zero-order chi connectivity index (χ0) is 17.5. The minimum atomic E-state index is 0.562. The lowest BCUT2D eigenvalue weighted by molar-refractivity contribution is 0.605. The minimum absolute atomic E-state index is 0.562. The maximum atomic E-state index is 4.71. The van der Waals surface area contributed by atoms with Crippen LogP contribution >= 0.6 is 11.3 Å². The van der Waals surface area contributed by atoms with Crippen molar-refractivity contribution in [3.8, 4) is 0 Å². The molecule has 0 unspecified atom stereocenters. The van der Waals surface area contributed by atoms with Gasteiger partial charge >= 0.3 is 0 Å². The summed E-state index contributed by atoms with van der Waals surface area (Å²) in [6.45, 7) is 7.50. The van der Waals surface area contributed by atoms with Gasteiger partial charge in [-0.1, -0.05) is 13.3 Å². The molecule has 3 heterocycles. The van der Waals surface area contributed by atoms with Gasteiger partial charge in [0, 0.05) is 29.3 Å². The molecule has 0 aromatic carbocycles. The summed E-state index contributed by atoms with van der Waals surface area (Å²) >= 11 is 1.86. The van der Waals surface area contributed by atoms with Crippen LogP contribution in [0.3, 0.4) is 0 Å². The van der Waals surface area contributed by atoms with E-state index < -0.39 is 0 Å². The van der Waals surface area contributed by atoms with Crippen molar-refractivity contribution < 1.29 is 0 Å². The fourth-order valence-electron chi connectivity index (χ4n) is 3.03. The van der Waals surface area contributed by atoms with Gasteiger partial charge in [0.1, 0.15) is 12.4 Å². The highest BCUT2D eigenvalue weighted by Crippen LogP contribution is 2.17. The van der Waals surface area contributed by atoms with Crippen LogP contribution in [0.1, 0.15) is 54.5 Å². The lowest BCUT2D eigenvalue weighted by atomic mass is 10.2. The molecule has 7 heteroatoms. The summed E-state index contributed by atoms with van der Waals surface area (Å²) in [4.78, 5) is 7.47. The van der Waals surface area contributed by atoms with Gasteiger partial charge in [0.15, 0.2) is 11.8 Å². The van der Waals surface area contributed by atoms with Crippen molar-refractivity contribution in [3.05, 3.63) is 33.5 Å². The molecule has 0 atom stereocenters. The number of hydrogen-bond acceptors (Lipinski definition) is 4. The van der Waals surface area contributed by atoms with Gasteiger partial charge in [-0.25, -0.2) is 4.99 Å². The second-order valence-electron chi connectivity index (χ2n) is 6.27. The number of rotatable bonds is 6. The average molecular weight is 361 g/mol. The van der Waals surface area contributed by atoms with E-state index in [0.717, 1.165) is 50.1 Å². The van der Waals surface area contributed by atoms with Crippen molar-refractivity contribution in [2.75, 3.05) is 6.54 Å². The summed E-state index contributed by atoms with van der Waals surface area (Å²) in [5.41, 5.74) is 0. The van der Waals surface area contributed by atoms with Crippen molar-refractivity contribution >= 4 is 17.3 Å². The molecule has 25 heavy (non-hydrogen) atoms. The fourth-order valence-corrected chi connectivity index (χ4v) is 3.93. The van der Waals surface area contributed by atoms with Gasteiger partial charge in [-0.05, 0) is 38.3 Å². The highest BCUT2D eigenvalue weighted by atomic mass is 32.1. The molecule has 1 aliphatic rings. The van der Waals surface area contributed by atoms with E-state index >= 15 is 0 Å². The molecule has 0 saturated carbocycles. The molecular formula is C18H28N6S. The first-order chi connectivity index (χ1) is 12.3. The van der Waals surface area contributed by atoms with Gasteiger partial charge < -0.3 is 15.2 Å². The predicted octanol–water partition coefficient (Wildman–Crippen LogP) is 2.88. The molecule has 2 aromatic rings. The van der Waals surface area contributed by atoms with Crippen LogP contribution in [0.2, 0.25) is 0 Å². The Labute approximate surface area is 153 Å². The number of hydrogen-bond donors (Lipinski definition) is 2. The highest BCUT2D eigenvalue weighted by molar-refractivity contribution is 7.11. The third-order valence-corrected chi connectivity index (χ3v) is 5.63. The molecular weight excluding hydrogens is 332 g/mol. The summed E-state index contributed by atoms with van der Waals surface area (Å²) < 4.78 is 2.26. The van der Waals surface area contributed by atoms with E-state index in [1.54, 1.807) is 0 Å². The highest BCUT2D eigenvalue weighted by Gasteiger charge is 2.14. The number of nitrogens with zero attached hydrogens (tertiary/aromatic N) is 4. The number of thiophene rings is 1. The second-order valence-corrected chi connectivity index (χ2v) is 7.52. The Morgan fingerprint density at radius 1 is 1.16 bits per heavy atom. The van der Waals surface area contributed by atoms with E-state index in [9.17, 15) is 0 Å². The number of aromatic nitrogens is 3. The molecule has 0 amide bonds. The Hall–Kier alpha value is -1.89. The summed E-state index contributed by atoms with van der Waals surface area (Å²) in [6, 6.07) is 4.40. The molecule has 136 valence electrons. The van der Waals surface area contributed by atoms with Crippen LogP contribution in [0.5, 0.6) is 0 Å². The Bertz CT molecular complexity index is 702. The van der Waals surface area contributed by atoms with Gasteiger partial charge in [0.2, 0.25) is 0 Å². The molecule has 0 saturated heterocycles. The topological polar surface area (TPSA) is 67.1 Å². The second kappa shape index (κ2) is 8.99. The molecule has 0 fully saturated rings. The van der Waals surface area contributed by atoms with Crippen LogP contribution in [0, 0.1) is 0 Å². The molecule has 0 aliphatic carbocycles. The number of aryl methyl sites for hydroxylation is 2. The Balaban J connectivity index is 1.63. The van der Waals surface area contributed by atoms with Crippen molar-refractivity contribution in [1.82, 2.24) is 25.4 Å². The van der Waals surface area contributed by atoms with E-state index in [1.807, 2.05) is 11.3 Å². The Kier molecular flexibility index (Phi) is 6.44. The van der Waals surface area contributed by atoms with Gasteiger partial charge in [-0.15, -0.1) is 21.5 Å². The summed E-state index contributed by atoms with van der Waals surface area (Å²) in [5, 5.41) is 15.4. The maximum absolute atomic E-state index is 4.71. The molecule has 0 radical (unpaired) electrons. The number of aliphatic imine (C=N–C) groups is 1. The first kappa shape index (κ1) is 17.9. The van der Waals surface area contributed by atoms with E-state index in [1.165, 1.54) is 29.0 Å². The van der Waals surface area contributed by atoms with Gasteiger partial charge in [0.25, 0.3) is 0 Å². The van der Waals surface area contributed by atoms with E-state index in [0.29, 0.717) is 6.54 Å². The monoisotopic (exact) mass is 360 g/mol. The van der Waals surface area contributed by atoms with Crippen molar-refractivity contribution in [2.45, 2.75) is 65.6 Å². The van der Waals surface area contributed by atoms with Crippen LogP contribution in [0.4, 0.5) is 0 Å². The summed E-state index contributed by atoms with van der Waals surface area (Å²) in [6.07, 6.45) is 5.82.